The zero-order valence-electron chi connectivity index (χ0n) is 11.2. The molecule has 2 nitrogen and oxygen atoms in total. The van der Waals surface area contributed by atoms with Crippen LogP contribution in [0.25, 0.3) is 0 Å². The quantitative estimate of drug-likeness (QED) is 0.789. The summed E-state index contributed by atoms with van der Waals surface area (Å²) in [4.78, 5) is 12.2. The van der Waals surface area contributed by atoms with Gasteiger partial charge in [0.1, 0.15) is 17.4 Å². The predicted molar refractivity (Wildman–Crippen MR) is 72.0 cm³/mol. The van der Waals surface area contributed by atoms with Crippen LogP contribution in [0.4, 0.5) is 8.78 Å². The molecule has 0 aliphatic rings. The molecule has 0 saturated carbocycles. The van der Waals surface area contributed by atoms with Crippen LogP contribution >= 0.6 is 0 Å². The van der Waals surface area contributed by atoms with E-state index in [1.165, 1.54) is 0 Å². The summed E-state index contributed by atoms with van der Waals surface area (Å²) in [5, 5.41) is 0. The van der Waals surface area contributed by atoms with Crippen LogP contribution in [0.3, 0.4) is 0 Å². The highest BCUT2D eigenvalue weighted by atomic mass is 19.1. The number of carbonyl (C=O) groups is 1. The molecular formula is C16H14F2O2. The van der Waals surface area contributed by atoms with Crippen molar-refractivity contribution in [2.75, 3.05) is 0 Å². The van der Waals surface area contributed by atoms with E-state index >= 15 is 0 Å². The van der Waals surface area contributed by atoms with Crippen molar-refractivity contribution >= 4 is 5.78 Å². The van der Waals surface area contributed by atoms with Gasteiger partial charge in [-0.2, -0.15) is 0 Å². The summed E-state index contributed by atoms with van der Waals surface area (Å²) in [7, 11) is 0. The van der Waals surface area contributed by atoms with Crippen LogP contribution in [0.2, 0.25) is 0 Å². The zero-order chi connectivity index (χ0) is 14.7. The molecule has 20 heavy (non-hydrogen) atoms. The van der Waals surface area contributed by atoms with Gasteiger partial charge in [0.2, 0.25) is 0 Å². The molecule has 0 amide bonds. The average Bonchev–Trinajstić information content (AvgIpc) is 2.36. The summed E-state index contributed by atoms with van der Waals surface area (Å²) < 4.78 is 31.8. The monoisotopic (exact) mass is 276 g/mol. The molecule has 0 aliphatic heterocycles. The lowest BCUT2D eigenvalue weighted by molar-refractivity contribution is 0.103. The molecule has 2 rings (SSSR count). The maximum atomic E-state index is 13.1. The smallest absolute Gasteiger partial charge is 0.193 e. The molecule has 0 N–H and O–H groups in total. The van der Waals surface area contributed by atoms with Crippen molar-refractivity contribution in [1.82, 2.24) is 0 Å². The third kappa shape index (κ3) is 3.41. The number of benzene rings is 2. The van der Waals surface area contributed by atoms with Gasteiger partial charge in [-0.3, -0.25) is 4.79 Å². The first kappa shape index (κ1) is 14.2. The highest BCUT2D eigenvalue weighted by Crippen LogP contribution is 2.19. The van der Waals surface area contributed by atoms with Crippen LogP contribution in [0.1, 0.15) is 29.8 Å². The van der Waals surface area contributed by atoms with Gasteiger partial charge in [-0.25, -0.2) is 8.78 Å². The first-order chi connectivity index (χ1) is 9.45. The predicted octanol–water partition coefficient (Wildman–Crippen LogP) is 3.98. The summed E-state index contributed by atoms with van der Waals surface area (Å²) in [5.41, 5.74) is 0.303. The first-order valence-electron chi connectivity index (χ1n) is 6.23. The van der Waals surface area contributed by atoms with Crippen molar-refractivity contribution in [1.29, 1.82) is 0 Å². The van der Waals surface area contributed by atoms with E-state index in [1.54, 1.807) is 24.3 Å². The second-order valence-corrected chi connectivity index (χ2v) is 4.68. The molecule has 2 aromatic carbocycles. The van der Waals surface area contributed by atoms with Crippen LogP contribution in [0.15, 0.2) is 42.5 Å². The number of rotatable bonds is 4. The Kier molecular flexibility index (Phi) is 4.13. The highest BCUT2D eigenvalue weighted by Gasteiger charge is 2.12. The Morgan fingerprint density at radius 1 is 1.00 bits per heavy atom. The highest BCUT2D eigenvalue weighted by molar-refractivity contribution is 6.09. The van der Waals surface area contributed by atoms with Gasteiger partial charge in [0.25, 0.3) is 0 Å². The summed E-state index contributed by atoms with van der Waals surface area (Å²) in [6.07, 6.45) is -0.0213. The molecule has 4 heteroatoms. The van der Waals surface area contributed by atoms with E-state index in [2.05, 4.69) is 0 Å². The fourth-order valence-corrected chi connectivity index (χ4v) is 1.83. The standard InChI is InChI=1S/C16H14F2O2/c1-10(2)20-15-5-3-4-11(8-15)16(19)12-6-13(17)9-14(18)7-12/h3-10H,1-2H3. The van der Waals surface area contributed by atoms with Crippen molar-refractivity contribution in [2.45, 2.75) is 20.0 Å². The summed E-state index contributed by atoms with van der Waals surface area (Å²) >= 11 is 0. The van der Waals surface area contributed by atoms with E-state index in [4.69, 9.17) is 4.74 Å². The normalized spacial score (nSPS) is 10.7. The van der Waals surface area contributed by atoms with E-state index in [0.717, 1.165) is 18.2 Å². The molecule has 0 aromatic heterocycles. The van der Waals surface area contributed by atoms with Gasteiger partial charge >= 0.3 is 0 Å². The molecule has 0 atom stereocenters. The SMILES string of the molecule is CC(C)Oc1cccc(C(=O)c2cc(F)cc(F)c2)c1. The minimum Gasteiger partial charge on any atom is -0.491 e. The Hall–Kier alpha value is -2.23. The lowest BCUT2D eigenvalue weighted by atomic mass is 10.0. The van der Waals surface area contributed by atoms with Crippen molar-refractivity contribution in [3.8, 4) is 5.75 Å². The lowest BCUT2D eigenvalue weighted by Crippen LogP contribution is -2.07. The lowest BCUT2D eigenvalue weighted by Gasteiger charge is -2.10. The van der Waals surface area contributed by atoms with Crippen molar-refractivity contribution < 1.29 is 18.3 Å². The zero-order valence-corrected chi connectivity index (χ0v) is 11.2. The molecule has 0 spiro atoms. The van der Waals surface area contributed by atoms with E-state index in [-0.39, 0.29) is 11.7 Å². The topological polar surface area (TPSA) is 26.3 Å². The van der Waals surface area contributed by atoms with Crippen molar-refractivity contribution in [3.05, 3.63) is 65.2 Å². The fourth-order valence-electron chi connectivity index (χ4n) is 1.83. The van der Waals surface area contributed by atoms with Gasteiger partial charge in [-0.1, -0.05) is 12.1 Å². The van der Waals surface area contributed by atoms with E-state index in [9.17, 15) is 13.6 Å². The van der Waals surface area contributed by atoms with Gasteiger partial charge in [0.05, 0.1) is 6.10 Å². The third-order valence-corrected chi connectivity index (χ3v) is 2.59. The Balaban J connectivity index is 2.33. The summed E-state index contributed by atoms with van der Waals surface area (Å²) in [5.74, 6) is -1.45. The molecule has 0 fully saturated rings. The van der Waals surface area contributed by atoms with Crippen molar-refractivity contribution in [3.63, 3.8) is 0 Å². The van der Waals surface area contributed by atoms with E-state index in [1.807, 2.05) is 13.8 Å². The number of ether oxygens (including phenoxy) is 1. The second-order valence-electron chi connectivity index (χ2n) is 4.68. The minimum absolute atomic E-state index is 0.0213. The van der Waals surface area contributed by atoms with Crippen LogP contribution in [-0.4, -0.2) is 11.9 Å². The Bertz CT molecular complexity index is 616. The maximum absolute atomic E-state index is 13.1. The number of carbonyl (C=O) groups excluding carboxylic acids is 1. The van der Waals surface area contributed by atoms with Crippen LogP contribution in [0.5, 0.6) is 5.75 Å². The second kappa shape index (κ2) is 5.82. The molecule has 0 radical (unpaired) electrons. The summed E-state index contributed by atoms with van der Waals surface area (Å²) in [6, 6.07) is 9.30. The van der Waals surface area contributed by atoms with Gasteiger partial charge in [-0.15, -0.1) is 0 Å². The molecule has 0 saturated heterocycles. The minimum atomic E-state index is -0.775. The largest absolute Gasteiger partial charge is 0.491 e. The summed E-state index contributed by atoms with van der Waals surface area (Å²) in [6.45, 7) is 3.74. The molecule has 0 aliphatic carbocycles. The molecular weight excluding hydrogens is 262 g/mol. The molecule has 0 bridgehead atoms. The molecule has 2 aromatic rings. The molecule has 104 valence electrons. The molecule has 0 unspecified atom stereocenters. The number of halogens is 2. The number of hydrogen-bond donors (Lipinski definition) is 0. The Morgan fingerprint density at radius 2 is 1.65 bits per heavy atom. The van der Waals surface area contributed by atoms with E-state index in [0.29, 0.717) is 11.3 Å². The van der Waals surface area contributed by atoms with Gasteiger partial charge < -0.3 is 4.74 Å². The first-order valence-corrected chi connectivity index (χ1v) is 6.23. The van der Waals surface area contributed by atoms with Gasteiger partial charge in [-0.05, 0) is 38.1 Å². The van der Waals surface area contributed by atoms with Gasteiger partial charge in [0, 0.05) is 17.2 Å². The number of ketones is 1. The van der Waals surface area contributed by atoms with Crippen LogP contribution < -0.4 is 4.74 Å². The van der Waals surface area contributed by atoms with Crippen LogP contribution in [-0.2, 0) is 0 Å². The third-order valence-electron chi connectivity index (χ3n) is 2.59. The fraction of sp³-hybridized carbons (Fsp3) is 0.188. The molecule has 0 heterocycles. The Morgan fingerprint density at radius 3 is 2.25 bits per heavy atom. The average molecular weight is 276 g/mol. The van der Waals surface area contributed by atoms with Gasteiger partial charge in [0.15, 0.2) is 5.78 Å². The van der Waals surface area contributed by atoms with Crippen LogP contribution in [0, 0.1) is 11.6 Å². The van der Waals surface area contributed by atoms with E-state index < -0.39 is 17.4 Å². The number of hydrogen-bond acceptors (Lipinski definition) is 2. The van der Waals surface area contributed by atoms with Crippen molar-refractivity contribution in [2.24, 2.45) is 0 Å². The Labute approximate surface area is 116 Å². The maximum Gasteiger partial charge on any atom is 0.193 e.